The van der Waals surface area contributed by atoms with Crippen LogP contribution in [0.2, 0.25) is 5.02 Å². The van der Waals surface area contributed by atoms with Crippen molar-refractivity contribution in [1.29, 1.82) is 0 Å². The molecule has 2 nitrogen and oxygen atoms in total. The number of rotatable bonds is 4. The number of hydrogen-bond acceptors (Lipinski definition) is 2. The van der Waals surface area contributed by atoms with E-state index in [0.29, 0.717) is 0 Å². The van der Waals surface area contributed by atoms with Crippen LogP contribution in [0.25, 0.3) is 0 Å². The third-order valence-electron chi connectivity index (χ3n) is 2.74. The number of pyridine rings is 1. The Labute approximate surface area is 121 Å². The molecule has 1 aromatic heterocycles. The van der Waals surface area contributed by atoms with Crippen LogP contribution in [0.1, 0.15) is 24.2 Å². The minimum atomic E-state index is 0.206. The highest BCUT2D eigenvalue weighted by molar-refractivity contribution is 9.10. The lowest BCUT2D eigenvalue weighted by Gasteiger charge is -2.14. The van der Waals surface area contributed by atoms with Crippen molar-refractivity contribution in [3.8, 4) is 0 Å². The van der Waals surface area contributed by atoms with Crippen molar-refractivity contribution in [2.75, 3.05) is 0 Å². The molecule has 0 saturated heterocycles. The average Bonchev–Trinajstić information content (AvgIpc) is 2.40. The lowest BCUT2D eigenvalue weighted by molar-refractivity contribution is 0.560. The maximum Gasteiger partial charge on any atom is 0.0570 e. The zero-order valence-electron chi connectivity index (χ0n) is 10.0. The molecule has 94 valence electrons. The van der Waals surface area contributed by atoms with Gasteiger partial charge < -0.3 is 5.32 Å². The molecule has 0 fully saturated rings. The molecular formula is C14H14BrClN2. The van der Waals surface area contributed by atoms with Gasteiger partial charge in [0.05, 0.1) is 5.69 Å². The predicted octanol–water partition coefficient (Wildman–Crippen LogP) is 4.35. The van der Waals surface area contributed by atoms with Crippen LogP contribution in [0, 0.1) is 0 Å². The van der Waals surface area contributed by atoms with E-state index in [9.17, 15) is 0 Å². The molecule has 1 N–H and O–H groups in total. The van der Waals surface area contributed by atoms with E-state index in [1.54, 1.807) is 0 Å². The molecular weight excluding hydrogens is 312 g/mol. The van der Waals surface area contributed by atoms with Gasteiger partial charge in [-0.25, -0.2) is 0 Å². The molecule has 0 aliphatic rings. The van der Waals surface area contributed by atoms with E-state index < -0.39 is 0 Å². The highest BCUT2D eigenvalue weighted by atomic mass is 79.9. The van der Waals surface area contributed by atoms with E-state index in [1.165, 1.54) is 0 Å². The summed E-state index contributed by atoms with van der Waals surface area (Å²) in [5.41, 5.74) is 2.18. The maximum absolute atomic E-state index is 5.99. The summed E-state index contributed by atoms with van der Waals surface area (Å²) in [4.78, 5) is 4.33. The Hall–Kier alpha value is -0.900. The minimum Gasteiger partial charge on any atom is -0.305 e. The number of benzene rings is 1. The molecule has 2 aromatic rings. The van der Waals surface area contributed by atoms with Gasteiger partial charge in [-0.05, 0) is 42.8 Å². The van der Waals surface area contributed by atoms with Crippen molar-refractivity contribution < 1.29 is 0 Å². The fourth-order valence-corrected chi connectivity index (χ4v) is 2.26. The summed E-state index contributed by atoms with van der Waals surface area (Å²) in [6.07, 6.45) is 1.81. The fourth-order valence-electron chi connectivity index (χ4n) is 1.68. The molecule has 0 aliphatic heterocycles. The van der Waals surface area contributed by atoms with Gasteiger partial charge in [0.25, 0.3) is 0 Å². The summed E-state index contributed by atoms with van der Waals surface area (Å²) in [5, 5.41) is 4.18. The van der Waals surface area contributed by atoms with Gasteiger partial charge in [0, 0.05) is 28.3 Å². The third kappa shape index (κ3) is 3.55. The second kappa shape index (κ2) is 6.32. The van der Waals surface area contributed by atoms with Crippen LogP contribution in [0.5, 0.6) is 0 Å². The van der Waals surface area contributed by atoms with Crippen LogP contribution in [0.4, 0.5) is 0 Å². The fraction of sp³-hybridized carbons (Fsp3) is 0.214. The summed E-state index contributed by atoms with van der Waals surface area (Å²) < 4.78 is 1.06. The second-order valence-corrected chi connectivity index (χ2v) is 5.38. The van der Waals surface area contributed by atoms with Gasteiger partial charge in [0.1, 0.15) is 0 Å². The summed E-state index contributed by atoms with van der Waals surface area (Å²) >= 11 is 9.51. The largest absolute Gasteiger partial charge is 0.305 e. The van der Waals surface area contributed by atoms with Crippen molar-refractivity contribution in [1.82, 2.24) is 10.3 Å². The number of aromatic nitrogens is 1. The SMILES string of the molecule is CC(NCc1cc(Cl)ccc1Br)c1ccccn1. The first-order valence-electron chi connectivity index (χ1n) is 5.75. The van der Waals surface area contributed by atoms with E-state index in [0.717, 1.165) is 27.3 Å². The Kier molecular flexibility index (Phi) is 4.75. The number of hydrogen-bond donors (Lipinski definition) is 1. The van der Waals surface area contributed by atoms with Gasteiger partial charge in [-0.2, -0.15) is 0 Å². The Morgan fingerprint density at radius 3 is 2.89 bits per heavy atom. The normalized spacial score (nSPS) is 12.4. The van der Waals surface area contributed by atoms with Crippen LogP contribution in [-0.2, 0) is 6.54 Å². The summed E-state index contributed by atoms with van der Waals surface area (Å²) in [6, 6.07) is 11.9. The topological polar surface area (TPSA) is 24.9 Å². The number of halogens is 2. The van der Waals surface area contributed by atoms with Crippen LogP contribution in [0.3, 0.4) is 0 Å². The highest BCUT2D eigenvalue weighted by Crippen LogP contribution is 2.21. The van der Waals surface area contributed by atoms with Gasteiger partial charge in [-0.3, -0.25) is 4.98 Å². The molecule has 1 atom stereocenters. The smallest absolute Gasteiger partial charge is 0.0570 e. The molecule has 0 radical (unpaired) electrons. The van der Waals surface area contributed by atoms with Crippen molar-refractivity contribution >= 4 is 27.5 Å². The summed E-state index contributed by atoms with van der Waals surface area (Å²) in [5.74, 6) is 0. The summed E-state index contributed by atoms with van der Waals surface area (Å²) in [7, 11) is 0. The Morgan fingerprint density at radius 2 is 2.17 bits per heavy atom. The van der Waals surface area contributed by atoms with E-state index in [2.05, 4.69) is 33.2 Å². The second-order valence-electron chi connectivity index (χ2n) is 4.09. The maximum atomic E-state index is 5.99. The molecule has 1 aromatic carbocycles. The van der Waals surface area contributed by atoms with Crippen molar-refractivity contribution in [3.05, 3.63) is 63.3 Å². The first-order chi connectivity index (χ1) is 8.66. The zero-order chi connectivity index (χ0) is 13.0. The van der Waals surface area contributed by atoms with Gasteiger partial charge in [-0.1, -0.05) is 33.6 Å². The molecule has 0 bridgehead atoms. The van der Waals surface area contributed by atoms with E-state index in [1.807, 2.05) is 42.6 Å². The van der Waals surface area contributed by atoms with E-state index in [-0.39, 0.29) is 6.04 Å². The van der Waals surface area contributed by atoms with Gasteiger partial charge in [0.15, 0.2) is 0 Å². The molecule has 0 spiro atoms. The van der Waals surface area contributed by atoms with E-state index in [4.69, 9.17) is 11.6 Å². The molecule has 4 heteroatoms. The monoisotopic (exact) mass is 324 g/mol. The number of nitrogens with one attached hydrogen (secondary N) is 1. The zero-order valence-corrected chi connectivity index (χ0v) is 12.4. The first kappa shape index (κ1) is 13.5. The van der Waals surface area contributed by atoms with Gasteiger partial charge in [0.2, 0.25) is 0 Å². The molecule has 18 heavy (non-hydrogen) atoms. The summed E-state index contributed by atoms with van der Waals surface area (Å²) in [6.45, 7) is 2.85. The molecule has 0 saturated carbocycles. The van der Waals surface area contributed by atoms with E-state index >= 15 is 0 Å². The quantitative estimate of drug-likeness (QED) is 0.904. The van der Waals surface area contributed by atoms with Crippen LogP contribution in [0.15, 0.2) is 47.1 Å². The molecule has 0 amide bonds. The van der Waals surface area contributed by atoms with Crippen molar-refractivity contribution in [2.45, 2.75) is 19.5 Å². The molecule has 1 unspecified atom stereocenters. The lowest BCUT2D eigenvalue weighted by atomic mass is 10.2. The standard InChI is InChI=1S/C14H14BrClN2/c1-10(14-4-2-3-7-17-14)18-9-11-8-12(16)5-6-13(11)15/h2-8,10,18H,9H2,1H3. The van der Waals surface area contributed by atoms with Crippen LogP contribution in [-0.4, -0.2) is 4.98 Å². The average molecular weight is 326 g/mol. The first-order valence-corrected chi connectivity index (χ1v) is 6.92. The van der Waals surface area contributed by atoms with Gasteiger partial charge >= 0.3 is 0 Å². The molecule has 1 heterocycles. The molecule has 2 rings (SSSR count). The Morgan fingerprint density at radius 1 is 1.33 bits per heavy atom. The Bertz CT molecular complexity index is 516. The predicted molar refractivity (Wildman–Crippen MR) is 78.6 cm³/mol. The van der Waals surface area contributed by atoms with Crippen molar-refractivity contribution in [3.63, 3.8) is 0 Å². The minimum absolute atomic E-state index is 0.206. The van der Waals surface area contributed by atoms with Crippen LogP contribution < -0.4 is 5.32 Å². The lowest BCUT2D eigenvalue weighted by Crippen LogP contribution is -2.19. The highest BCUT2D eigenvalue weighted by Gasteiger charge is 2.07. The molecule has 0 aliphatic carbocycles. The van der Waals surface area contributed by atoms with Crippen molar-refractivity contribution in [2.24, 2.45) is 0 Å². The van der Waals surface area contributed by atoms with Crippen LogP contribution >= 0.6 is 27.5 Å². The van der Waals surface area contributed by atoms with Gasteiger partial charge in [-0.15, -0.1) is 0 Å². The Balaban J connectivity index is 2.01. The number of nitrogens with zero attached hydrogens (tertiary/aromatic N) is 1. The third-order valence-corrected chi connectivity index (χ3v) is 3.75.